The minimum absolute atomic E-state index is 0.235. The summed E-state index contributed by atoms with van der Waals surface area (Å²) in [4.78, 5) is 30.2. The molecule has 1 fully saturated rings. The van der Waals surface area contributed by atoms with E-state index in [1.165, 1.54) is 5.56 Å². The molecule has 2 heterocycles. The first-order chi connectivity index (χ1) is 13.7. The number of rotatable bonds is 5. The number of hydrogen-bond acceptors (Lipinski definition) is 3. The lowest BCUT2D eigenvalue weighted by Crippen LogP contribution is -2.39. The molecule has 5 heteroatoms. The molecule has 0 unspecified atom stereocenters. The number of fused-ring (bicyclic) bond motifs is 1. The quantitative estimate of drug-likeness (QED) is 0.840. The van der Waals surface area contributed by atoms with E-state index in [4.69, 9.17) is 0 Å². The van der Waals surface area contributed by atoms with Crippen molar-refractivity contribution in [3.05, 3.63) is 69.1 Å². The number of carbonyl (C=O) groups excluding carboxylic acids is 1. The van der Waals surface area contributed by atoms with Gasteiger partial charge in [0.15, 0.2) is 0 Å². The Balaban J connectivity index is 1.27. The maximum absolute atomic E-state index is 12.6. The van der Waals surface area contributed by atoms with Gasteiger partial charge in [0.2, 0.25) is 0 Å². The van der Waals surface area contributed by atoms with Gasteiger partial charge in [-0.05, 0) is 74.7 Å². The smallest absolute Gasteiger partial charge is 0.261 e. The molecule has 1 saturated heterocycles. The van der Waals surface area contributed by atoms with E-state index in [0.717, 1.165) is 69.4 Å². The summed E-state index contributed by atoms with van der Waals surface area (Å²) >= 11 is 0. The molecule has 4 rings (SSSR count). The maximum Gasteiger partial charge on any atom is 0.261 e. The van der Waals surface area contributed by atoms with Crippen molar-refractivity contribution in [2.24, 2.45) is 5.92 Å². The van der Waals surface area contributed by atoms with E-state index in [1.807, 2.05) is 12.1 Å². The van der Waals surface area contributed by atoms with Crippen LogP contribution in [0.2, 0.25) is 0 Å². The van der Waals surface area contributed by atoms with Crippen molar-refractivity contribution in [2.75, 3.05) is 19.6 Å². The van der Waals surface area contributed by atoms with E-state index in [9.17, 15) is 9.59 Å². The highest BCUT2D eigenvalue weighted by Gasteiger charge is 2.21. The highest BCUT2D eigenvalue weighted by molar-refractivity contribution is 5.94. The summed E-state index contributed by atoms with van der Waals surface area (Å²) in [5.41, 5.74) is 3.50. The third-order valence-corrected chi connectivity index (χ3v) is 6.09. The van der Waals surface area contributed by atoms with Crippen LogP contribution < -0.4 is 10.9 Å². The van der Waals surface area contributed by atoms with Crippen molar-refractivity contribution in [3.8, 4) is 0 Å². The second-order valence-corrected chi connectivity index (χ2v) is 8.14. The van der Waals surface area contributed by atoms with Crippen molar-refractivity contribution in [1.82, 2.24) is 15.2 Å². The number of amides is 1. The largest absolute Gasteiger partial charge is 0.352 e. The van der Waals surface area contributed by atoms with Gasteiger partial charge in [-0.3, -0.25) is 14.5 Å². The fraction of sp³-hybridized carbons (Fsp3) is 0.478. The first kappa shape index (κ1) is 18.9. The molecular weight excluding hydrogens is 350 g/mol. The number of piperidine rings is 1. The lowest BCUT2D eigenvalue weighted by Gasteiger charge is -2.32. The van der Waals surface area contributed by atoms with E-state index in [0.29, 0.717) is 12.5 Å². The molecule has 2 aliphatic rings. The minimum atomic E-state index is -0.254. The number of nitrogens with zero attached hydrogens (tertiary/aromatic N) is 1. The summed E-state index contributed by atoms with van der Waals surface area (Å²) in [7, 11) is 0. The molecular formula is C23H29N3O2. The molecule has 5 nitrogen and oxygen atoms in total. The maximum atomic E-state index is 12.6. The molecule has 1 aliphatic heterocycles. The topological polar surface area (TPSA) is 65.2 Å². The van der Waals surface area contributed by atoms with Crippen LogP contribution in [0, 0.1) is 5.92 Å². The Kier molecular flexibility index (Phi) is 5.91. The van der Waals surface area contributed by atoms with E-state index < -0.39 is 0 Å². The van der Waals surface area contributed by atoms with E-state index in [2.05, 4.69) is 39.5 Å². The Morgan fingerprint density at radius 1 is 1.11 bits per heavy atom. The van der Waals surface area contributed by atoms with Crippen molar-refractivity contribution in [2.45, 2.75) is 45.1 Å². The van der Waals surface area contributed by atoms with Crippen LogP contribution in [0.5, 0.6) is 0 Å². The number of nitrogens with one attached hydrogen (secondary N) is 2. The number of carbonyl (C=O) groups is 1. The van der Waals surface area contributed by atoms with Crippen molar-refractivity contribution in [3.63, 3.8) is 0 Å². The molecule has 0 spiro atoms. The van der Waals surface area contributed by atoms with Crippen LogP contribution in [0.3, 0.4) is 0 Å². The van der Waals surface area contributed by atoms with Gasteiger partial charge >= 0.3 is 0 Å². The number of aryl methyl sites for hydroxylation is 2. The molecule has 1 aromatic heterocycles. The molecule has 2 aromatic rings. The minimum Gasteiger partial charge on any atom is -0.352 e. The van der Waals surface area contributed by atoms with Crippen LogP contribution in [0.15, 0.2) is 41.2 Å². The van der Waals surface area contributed by atoms with E-state index in [-0.39, 0.29) is 17.0 Å². The number of benzene rings is 1. The molecule has 0 saturated carbocycles. The zero-order valence-corrected chi connectivity index (χ0v) is 16.4. The Bertz CT molecular complexity index is 867. The molecule has 0 atom stereocenters. The van der Waals surface area contributed by atoms with Gasteiger partial charge in [-0.15, -0.1) is 0 Å². The first-order valence-corrected chi connectivity index (χ1v) is 10.5. The van der Waals surface area contributed by atoms with Crippen LogP contribution in [0.25, 0.3) is 0 Å². The van der Waals surface area contributed by atoms with Crippen LogP contribution in [0.1, 0.15) is 52.9 Å². The first-order valence-electron chi connectivity index (χ1n) is 10.5. The third-order valence-electron chi connectivity index (χ3n) is 6.09. The molecule has 0 bridgehead atoms. The van der Waals surface area contributed by atoms with E-state index >= 15 is 0 Å². The molecule has 28 heavy (non-hydrogen) atoms. The van der Waals surface area contributed by atoms with Crippen LogP contribution in [-0.4, -0.2) is 35.4 Å². The van der Waals surface area contributed by atoms with Gasteiger partial charge in [0.1, 0.15) is 5.56 Å². The summed E-state index contributed by atoms with van der Waals surface area (Å²) < 4.78 is 0. The number of aromatic amines is 1. The fourth-order valence-electron chi connectivity index (χ4n) is 4.37. The molecule has 1 aliphatic carbocycles. The standard InChI is InChI=1S/C23H29N3O2/c27-22(20-14-19-8-4-5-9-21(19)25-23(20)28)24-15-17-10-12-26(13-11-17)16-18-6-2-1-3-7-18/h1-3,6-7,14,17H,4-5,8-13,15-16H2,(H,24,27)(H,25,28). The summed E-state index contributed by atoms with van der Waals surface area (Å²) in [6.07, 6.45) is 6.25. The van der Waals surface area contributed by atoms with Gasteiger partial charge in [-0.25, -0.2) is 0 Å². The number of likely N-dealkylation sites (tertiary alicyclic amines) is 1. The second-order valence-electron chi connectivity index (χ2n) is 8.14. The molecule has 148 valence electrons. The van der Waals surface area contributed by atoms with Gasteiger partial charge in [-0.2, -0.15) is 0 Å². The number of pyridine rings is 1. The lowest BCUT2D eigenvalue weighted by molar-refractivity contribution is 0.0933. The Hall–Kier alpha value is -2.40. The average molecular weight is 380 g/mol. The summed E-state index contributed by atoms with van der Waals surface area (Å²) in [6, 6.07) is 12.4. The van der Waals surface area contributed by atoms with Crippen molar-refractivity contribution in [1.29, 1.82) is 0 Å². The predicted octanol–water partition coefficient (Wildman–Crippen LogP) is 2.90. The zero-order valence-electron chi connectivity index (χ0n) is 16.4. The van der Waals surface area contributed by atoms with Gasteiger partial charge in [-0.1, -0.05) is 30.3 Å². The average Bonchev–Trinajstić information content (AvgIpc) is 2.73. The fourth-order valence-corrected chi connectivity index (χ4v) is 4.37. The molecule has 1 amide bonds. The Labute approximate surface area is 166 Å². The zero-order chi connectivity index (χ0) is 19.3. The highest BCUT2D eigenvalue weighted by Crippen LogP contribution is 2.20. The molecule has 2 N–H and O–H groups in total. The van der Waals surface area contributed by atoms with Crippen LogP contribution in [-0.2, 0) is 19.4 Å². The summed E-state index contributed by atoms with van der Waals surface area (Å²) in [5, 5.41) is 3.00. The second kappa shape index (κ2) is 8.74. The van der Waals surface area contributed by atoms with Crippen molar-refractivity contribution < 1.29 is 4.79 Å². The summed E-state index contributed by atoms with van der Waals surface area (Å²) in [6.45, 7) is 3.74. The molecule has 1 aromatic carbocycles. The normalized spacial score (nSPS) is 17.9. The predicted molar refractivity (Wildman–Crippen MR) is 110 cm³/mol. The van der Waals surface area contributed by atoms with Crippen LogP contribution >= 0.6 is 0 Å². The van der Waals surface area contributed by atoms with Gasteiger partial charge < -0.3 is 10.3 Å². The number of H-pyrrole nitrogens is 1. The molecule has 0 radical (unpaired) electrons. The Morgan fingerprint density at radius 2 is 1.86 bits per heavy atom. The van der Waals surface area contributed by atoms with Gasteiger partial charge in [0, 0.05) is 18.8 Å². The number of aromatic nitrogens is 1. The summed E-state index contributed by atoms with van der Waals surface area (Å²) in [5.74, 6) is 0.244. The highest BCUT2D eigenvalue weighted by atomic mass is 16.2. The number of hydrogen-bond donors (Lipinski definition) is 2. The van der Waals surface area contributed by atoms with Gasteiger partial charge in [0.25, 0.3) is 11.5 Å². The van der Waals surface area contributed by atoms with Crippen molar-refractivity contribution >= 4 is 5.91 Å². The third kappa shape index (κ3) is 4.53. The monoisotopic (exact) mass is 379 g/mol. The van der Waals surface area contributed by atoms with E-state index in [1.54, 1.807) is 0 Å². The van der Waals surface area contributed by atoms with Gasteiger partial charge in [0.05, 0.1) is 0 Å². The SMILES string of the molecule is O=C(NCC1CCN(Cc2ccccc2)CC1)c1cc2c([nH]c1=O)CCCC2. The van der Waals surface area contributed by atoms with Crippen LogP contribution in [0.4, 0.5) is 0 Å². The lowest BCUT2D eigenvalue weighted by atomic mass is 9.94. The Morgan fingerprint density at radius 3 is 2.64 bits per heavy atom.